The Labute approximate surface area is 158 Å². The third-order valence-corrected chi connectivity index (χ3v) is 4.73. The topological polar surface area (TPSA) is 85.8 Å². The van der Waals surface area contributed by atoms with E-state index in [0.717, 1.165) is 12.8 Å². The van der Waals surface area contributed by atoms with Crippen LogP contribution in [0.2, 0.25) is 0 Å². The highest BCUT2D eigenvalue weighted by atomic mass is 35.5. The van der Waals surface area contributed by atoms with E-state index in [2.05, 4.69) is 15.4 Å². The molecule has 0 aliphatic heterocycles. The second-order valence-electron chi connectivity index (χ2n) is 7.16. The highest BCUT2D eigenvalue weighted by molar-refractivity contribution is 5.91. The quantitative estimate of drug-likeness (QED) is 0.805. The molecule has 1 aromatic carbocycles. The zero-order valence-electron chi connectivity index (χ0n) is 15.2. The van der Waals surface area contributed by atoms with Gasteiger partial charge in [-0.3, -0.25) is 4.79 Å². The lowest BCUT2D eigenvalue weighted by Crippen LogP contribution is -2.53. The highest BCUT2D eigenvalue weighted by Crippen LogP contribution is 2.39. The normalized spacial score (nSPS) is 16.1. The molecule has 0 radical (unpaired) electrons. The first kappa shape index (κ1) is 20.3. The summed E-state index contributed by atoms with van der Waals surface area (Å²) >= 11 is 0. The Balaban J connectivity index is 0.00000243. The van der Waals surface area contributed by atoms with Crippen LogP contribution in [0.25, 0.3) is 5.69 Å². The van der Waals surface area contributed by atoms with Crippen molar-refractivity contribution in [3.05, 3.63) is 41.7 Å². The van der Waals surface area contributed by atoms with Crippen molar-refractivity contribution in [1.82, 2.24) is 20.1 Å². The van der Waals surface area contributed by atoms with E-state index in [0.29, 0.717) is 18.3 Å². The summed E-state index contributed by atoms with van der Waals surface area (Å²) in [6.07, 6.45) is 2.12. The first-order valence-electron chi connectivity index (χ1n) is 8.60. The molecule has 0 saturated heterocycles. The Morgan fingerprint density at radius 3 is 2.62 bits per heavy atom. The Morgan fingerprint density at radius 2 is 2.08 bits per heavy atom. The molecule has 1 atom stereocenters. The van der Waals surface area contributed by atoms with Gasteiger partial charge in [-0.1, -0.05) is 26.0 Å². The molecule has 1 aliphatic rings. The number of benzene rings is 1. The molecule has 1 amide bonds. The lowest BCUT2D eigenvalue weighted by atomic mass is 9.96. The number of halogens is 2. The minimum atomic E-state index is -0.460. The minimum Gasteiger partial charge on any atom is -0.343 e. The fraction of sp³-hybridized carbons (Fsp3) is 0.500. The van der Waals surface area contributed by atoms with Crippen LogP contribution in [0.15, 0.2) is 24.3 Å². The Morgan fingerprint density at radius 1 is 1.42 bits per heavy atom. The van der Waals surface area contributed by atoms with Gasteiger partial charge >= 0.3 is 0 Å². The van der Waals surface area contributed by atoms with Gasteiger partial charge in [0, 0.05) is 12.5 Å². The van der Waals surface area contributed by atoms with E-state index >= 15 is 0 Å². The zero-order valence-corrected chi connectivity index (χ0v) is 16.0. The number of rotatable bonds is 6. The minimum absolute atomic E-state index is 0. The molecule has 1 saturated carbocycles. The van der Waals surface area contributed by atoms with E-state index in [1.807, 2.05) is 20.8 Å². The summed E-state index contributed by atoms with van der Waals surface area (Å²) in [5, 5.41) is 7.24. The number of para-hydroxylation sites is 1. The molecule has 6 nitrogen and oxygen atoms in total. The van der Waals surface area contributed by atoms with Crippen molar-refractivity contribution in [2.75, 3.05) is 6.54 Å². The van der Waals surface area contributed by atoms with Gasteiger partial charge in [0.05, 0.1) is 5.54 Å². The maximum absolute atomic E-state index is 14.2. The summed E-state index contributed by atoms with van der Waals surface area (Å²) < 4.78 is 15.6. The number of hydrogen-bond acceptors (Lipinski definition) is 4. The van der Waals surface area contributed by atoms with Crippen molar-refractivity contribution in [2.24, 2.45) is 11.7 Å². The molecular formula is C18H25ClFN5O. The van der Waals surface area contributed by atoms with Crippen LogP contribution >= 0.6 is 12.4 Å². The fourth-order valence-corrected chi connectivity index (χ4v) is 2.95. The molecule has 2 aromatic rings. The molecule has 0 spiro atoms. The number of carbonyl (C=O) groups excluding carboxylic acids is 1. The van der Waals surface area contributed by atoms with Crippen LogP contribution in [0.3, 0.4) is 0 Å². The summed E-state index contributed by atoms with van der Waals surface area (Å²) in [6, 6.07) is 6.31. The van der Waals surface area contributed by atoms with Crippen molar-refractivity contribution in [1.29, 1.82) is 0 Å². The Bertz CT molecular complexity index is 790. The second-order valence-corrected chi connectivity index (χ2v) is 7.16. The van der Waals surface area contributed by atoms with E-state index < -0.39 is 11.4 Å². The summed E-state index contributed by atoms with van der Waals surface area (Å²) in [6.45, 7) is 6.16. The number of nitrogens with one attached hydrogen (secondary N) is 1. The van der Waals surface area contributed by atoms with Crippen molar-refractivity contribution >= 4 is 18.3 Å². The fourth-order valence-electron chi connectivity index (χ4n) is 2.95. The number of nitrogens with two attached hydrogens (primary N) is 1. The van der Waals surface area contributed by atoms with Gasteiger partial charge in [0.25, 0.3) is 5.91 Å². The number of carbonyl (C=O) groups is 1. The predicted molar refractivity (Wildman–Crippen MR) is 100 cm³/mol. The van der Waals surface area contributed by atoms with Crippen molar-refractivity contribution < 1.29 is 9.18 Å². The Kier molecular flexibility index (Phi) is 6.03. The number of amides is 1. The number of nitrogens with zero attached hydrogens (tertiary/aromatic N) is 3. The van der Waals surface area contributed by atoms with E-state index in [1.165, 1.54) is 10.7 Å². The van der Waals surface area contributed by atoms with Crippen LogP contribution in [0, 0.1) is 11.7 Å². The van der Waals surface area contributed by atoms with Crippen LogP contribution < -0.4 is 11.1 Å². The van der Waals surface area contributed by atoms with Crippen LogP contribution in [-0.2, 0) is 0 Å². The monoisotopic (exact) mass is 381 g/mol. The van der Waals surface area contributed by atoms with Crippen LogP contribution in [0.1, 0.15) is 56.0 Å². The number of hydrogen-bond donors (Lipinski definition) is 2. The summed E-state index contributed by atoms with van der Waals surface area (Å²) in [7, 11) is 0. The average molecular weight is 382 g/mol. The largest absolute Gasteiger partial charge is 0.343 e. The molecule has 1 fully saturated rings. The summed E-state index contributed by atoms with van der Waals surface area (Å²) in [5.41, 5.74) is 5.68. The molecule has 1 aromatic heterocycles. The molecule has 1 aliphatic carbocycles. The molecule has 142 valence electrons. The molecule has 3 N–H and O–H groups in total. The summed E-state index contributed by atoms with van der Waals surface area (Å²) in [4.78, 5) is 17.0. The van der Waals surface area contributed by atoms with Crippen LogP contribution in [-0.4, -0.2) is 32.8 Å². The van der Waals surface area contributed by atoms with E-state index in [1.54, 1.807) is 18.2 Å². The van der Waals surface area contributed by atoms with Gasteiger partial charge in [-0.2, -0.15) is 0 Å². The third kappa shape index (κ3) is 3.88. The maximum atomic E-state index is 14.2. The molecule has 3 rings (SSSR count). The van der Waals surface area contributed by atoms with E-state index in [9.17, 15) is 9.18 Å². The van der Waals surface area contributed by atoms with Crippen LogP contribution in [0.4, 0.5) is 4.39 Å². The zero-order chi connectivity index (χ0) is 18.2. The summed E-state index contributed by atoms with van der Waals surface area (Å²) in [5.74, 6) is 0.156. The Hall–Kier alpha value is -1.99. The highest BCUT2D eigenvalue weighted by Gasteiger charge is 2.42. The predicted octanol–water partition coefficient (Wildman–Crippen LogP) is 2.81. The molecule has 1 unspecified atom stereocenters. The van der Waals surface area contributed by atoms with Gasteiger partial charge < -0.3 is 11.1 Å². The van der Waals surface area contributed by atoms with Crippen molar-refractivity contribution in [3.63, 3.8) is 0 Å². The van der Waals surface area contributed by atoms with Gasteiger partial charge in [0.1, 0.15) is 17.3 Å². The standard InChI is InChI=1S/C18H24FN5O.ClH/c1-11(2)16-21-15(17(25)22-18(3,10-20)12-8-9-12)23-24(16)14-7-5-4-6-13(14)19;/h4-7,11-12H,8-10,20H2,1-3H3,(H,22,25);1H. The van der Waals surface area contributed by atoms with Crippen molar-refractivity contribution in [3.8, 4) is 5.69 Å². The first-order valence-corrected chi connectivity index (χ1v) is 8.60. The van der Waals surface area contributed by atoms with E-state index in [-0.39, 0.29) is 35.7 Å². The lowest BCUT2D eigenvalue weighted by Gasteiger charge is -2.28. The van der Waals surface area contributed by atoms with Crippen LogP contribution in [0.5, 0.6) is 0 Å². The van der Waals surface area contributed by atoms with Gasteiger partial charge in [0.2, 0.25) is 5.82 Å². The smallest absolute Gasteiger partial charge is 0.291 e. The third-order valence-electron chi connectivity index (χ3n) is 4.73. The molecule has 0 bridgehead atoms. The maximum Gasteiger partial charge on any atom is 0.291 e. The molecular weight excluding hydrogens is 357 g/mol. The van der Waals surface area contributed by atoms with Gasteiger partial charge in [0.15, 0.2) is 0 Å². The van der Waals surface area contributed by atoms with Gasteiger partial charge in [-0.15, -0.1) is 17.5 Å². The van der Waals surface area contributed by atoms with Crippen molar-refractivity contribution in [2.45, 2.75) is 45.1 Å². The average Bonchev–Trinajstić information content (AvgIpc) is 3.34. The lowest BCUT2D eigenvalue weighted by molar-refractivity contribution is 0.0887. The number of aromatic nitrogens is 3. The molecule has 26 heavy (non-hydrogen) atoms. The van der Waals surface area contributed by atoms with Gasteiger partial charge in [-0.05, 0) is 37.8 Å². The molecule has 8 heteroatoms. The second kappa shape index (κ2) is 7.72. The van der Waals surface area contributed by atoms with E-state index in [4.69, 9.17) is 5.73 Å². The SMILES string of the molecule is CC(C)c1nc(C(=O)NC(C)(CN)C2CC2)nn1-c1ccccc1F.Cl. The molecule has 1 heterocycles. The first-order chi connectivity index (χ1) is 11.9. The van der Waals surface area contributed by atoms with Gasteiger partial charge in [-0.25, -0.2) is 14.1 Å².